The van der Waals surface area contributed by atoms with Gasteiger partial charge in [0.05, 0.1) is 18.7 Å². The third-order valence-corrected chi connectivity index (χ3v) is 5.03. The number of para-hydroxylation sites is 1. The number of rotatable bonds is 3. The van der Waals surface area contributed by atoms with Crippen molar-refractivity contribution in [3.8, 4) is 5.75 Å². The first-order chi connectivity index (χ1) is 13.2. The predicted octanol–water partition coefficient (Wildman–Crippen LogP) is 1.26. The van der Waals surface area contributed by atoms with Gasteiger partial charge in [-0.2, -0.15) is 0 Å². The number of carbonyl (C=O) groups is 2. The third-order valence-electron chi connectivity index (χ3n) is 5.03. The average Bonchev–Trinajstić information content (AvgIpc) is 2.73. The first kappa shape index (κ1) is 17.3. The highest BCUT2D eigenvalue weighted by molar-refractivity contribution is 6.02. The Hall–Kier alpha value is -3.16. The van der Waals surface area contributed by atoms with E-state index in [9.17, 15) is 9.59 Å². The van der Waals surface area contributed by atoms with Crippen molar-refractivity contribution in [1.29, 1.82) is 0 Å². The van der Waals surface area contributed by atoms with Gasteiger partial charge < -0.3 is 19.9 Å². The summed E-state index contributed by atoms with van der Waals surface area (Å²) in [7, 11) is 1.55. The van der Waals surface area contributed by atoms with Gasteiger partial charge in [-0.15, -0.1) is 0 Å². The number of aromatic nitrogens is 2. The van der Waals surface area contributed by atoms with Crippen LogP contribution in [0.3, 0.4) is 0 Å². The van der Waals surface area contributed by atoms with Crippen LogP contribution in [0, 0.1) is 0 Å². The van der Waals surface area contributed by atoms with E-state index in [0.717, 1.165) is 5.56 Å². The van der Waals surface area contributed by atoms with Gasteiger partial charge in [0.1, 0.15) is 5.75 Å². The number of hydrogen-bond acceptors (Lipinski definition) is 6. The standard InChI is InChI=1S/C19H21N5O3/c1-27-15-5-2-4-13-14(12-16(25)22-17(13)15)18(26)23-8-10-24(11-9-23)19-20-6-3-7-21-19/h2-7,14H,8-12H2,1H3,(H,22,25). The number of hydrogen-bond donors (Lipinski definition) is 1. The summed E-state index contributed by atoms with van der Waals surface area (Å²) >= 11 is 0. The zero-order valence-electron chi connectivity index (χ0n) is 15.1. The van der Waals surface area contributed by atoms with Crippen molar-refractivity contribution >= 4 is 23.5 Å². The van der Waals surface area contributed by atoms with E-state index < -0.39 is 5.92 Å². The highest BCUT2D eigenvalue weighted by atomic mass is 16.5. The summed E-state index contributed by atoms with van der Waals surface area (Å²) in [6.45, 7) is 2.49. The van der Waals surface area contributed by atoms with Gasteiger partial charge in [0.2, 0.25) is 17.8 Å². The molecule has 2 aliphatic rings. The van der Waals surface area contributed by atoms with Gasteiger partial charge in [-0.1, -0.05) is 12.1 Å². The molecule has 8 heteroatoms. The van der Waals surface area contributed by atoms with E-state index in [1.165, 1.54) is 0 Å². The van der Waals surface area contributed by atoms with Crippen LogP contribution < -0.4 is 15.0 Å². The van der Waals surface area contributed by atoms with Gasteiger partial charge in [-0.3, -0.25) is 9.59 Å². The molecule has 0 bridgehead atoms. The second kappa shape index (κ2) is 7.22. The molecule has 2 aliphatic heterocycles. The summed E-state index contributed by atoms with van der Waals surface area (Å²) in [6, 6.07) is 7.29. The van der Waals surface area contributed by atoms with Crippen LogP contribution in [-0.2, 0) is 9.59 Å². The molecule has 0 spiro atoms. The van der Waals surface area contributed by atoms with Crippen molar-refractivity contribution in [2.75, 3.05) is 43.5 Å². The van der Waals surface area contributed by atoms with E-state index in [0.29, 0.717) is 43.6 Å². The molecule has 27 heavy (non-hydrogen) atoms. The molecule has 0 saturated carbocycles. The summed E-state index contributed by atoms with van der Waals surface area (Å²) in [5.41, 5.74) is 1.42. The number of ether oxygens (including phenoxy) is 1. The minimum atomic E-state index is -0.483. The Kier molecular flexibility index (Phi) is 4.62. The normalized spacial score (nSPS) is 19.3. The smallest absolute Gasteiger partial charge is 0.230 e. The molecular formula is C19H21N5O3. The molecule has 0 radical (unpaired) electrons. The van der Waals surface area contributed by atoms with Crippen molar-refractivity contribution in [2.24, 2.45) is 0 Å². The molecule has 1 N–H and O–H groups in total. The molecule has 3 heterocycles. The topological polar surface area (TPSA) is 87.7 Å². The lowest BCUT2D eigenvalue weighted by atomic mass is 9.88. The number of nitrogens with one attached hydrogen (secondary N) is 1. The monoisotopic (exact) mass is 367 g/mol. The first-order valence-electron chi connectivity index (χ1n) is 8.95. The zero-order valence-corrected chi connectivity index (χ0v) is 15.1. The van der Waals surface area contributed by atoms with E-state index in [4.69, 9.17) is 4.74 Å². The number of fused-ring (bicyclic) bond motifs is 1. The third kappa shape index (κ3) is 3.30. The molecule has 2 amide bonds. The lowest BCUT2D eigenvalue weighted by Gasteiger charge is -2.37. The Morgan fingerprint density at radius 3 is 2.59 bits per heavy atom. The van der Waals surface area contributed by atoms with Crippen LogP contribution in [0.1, 0.15) is 17.9 Å². The fourth-order valence-electron chi connectivity index (χ4n) is 3.65. The molecule has 4 rings (SSSR count). The number of amides is 2. The van der Waals surface area contributed by atoms with E-state index in [1.54, 1.807) is 31.6 Å². The number of piperazine rings is 1. The Labute approximate surface area is 157 Å². The van der Waals surface area contributed by atoms with Crippen molar-refractivity contribution in [1.82, 2.24) is 14.9 Å². The van der Waals surface area contributed by atoms with Crippen molar-refractivity contribution in [3.63, 3.8) is 0 Å². The van der Waals surface area contributed by atoms with Crippen LogP contribution in [-0.4, -0.2) is 60.0 Å². The largest absolute Gasteiger partial charge is 0.495 e. The Bertz CT molecular complexity index is 850. The van der Waals surface area contributed by atoms with Crippen molar-refractivity contribution in [2.45, 2.75) is 12.3 Å². The van der Waals surface area contributed by atoms with Crippen LogP contribution in [0.25, 0.3) is 0 Å². The van der Waals surface area contributed by atoms with E-state index >= 15 is 0 Å². The first-order valence-corrected chi connectivity index (χ1v) is 8.95. The molecule has 140 valence electrons. The lowest BCUT2D eigenvalue weighted by Crippen LogP contribution is -2.51. The molecule has 1 unspecified atom stereocenters. The number of nitrogens with zero attached hydrogens (tertiary/aromatic N) is 4. The summed E-state index contributed by atoms with van der Waals surface area (Å²) in [5.74, 6) is 0.583. The van der Waals surface area contributed by atoms with Crippen LogP contribution >= 0.6 is 0 Å². The molecule has 2 aromatic rings. The Morgan fingerprint density at radius 1 is 1.15 bits per heavy atom. The molecule has 1 saturated heterocycles. The van der Waals surface area contributed by atoms with Crippen molar-refractivity contribution in [3.05, 3.63) is 42.2 Å². The van der Waals surface area contributed by atoms with E-state index in [2.05, 4.69) is 20.2 Å². The van der Waals surface area contributed by atoms with Gasteiger partial charge in [0, 0.05) is 45.0 Å². The SMILES string of the molecule is COc1cccc2c1NC(=O)CC2C(=O)N1CCN(c2ncccn2)CC1. The fraction of sp³-hybridized carbons (Fsp3) is 0.368. The van der Waals surface area contributed by atoms with Crippen LogP contribution in [0.5, 0.6) is 5.75 Å². The quantitative estimate of drug-likeness (QED) is 0.879. The molecule has 1 aromatic carbocycles. The maximum atomic E-state index is 13.2. The van der Waals surface area contributed by atoms with Crippen LogP contribution in [0.15, 0.2) is 36.7 Å². The maximum absolute atomic E-state index is 13.2. The molecular weight excluding hydrogens is 346 g/mol. The zero-order chi connectivity index (χ0) is 18.8. The van der Waals surface area contributed by atoms with Gasteiger partial charge in [0.25, 0.3) is 0 Å². The molecule has 1 atom stereocenters. The average molecular weight is 367 g/mol. The minimum absolute atomic E-state index is 0.0204. The van der Waals surface area contributed by atoms with Crippen LogP contribution in [0.2, 0.25) is 0 Å². The minimum Gasteiger partial charge on any atom is -0.495 e. The molecule has 1 fully saturated rings. The summed E-state index contributed by atoms with van der Waals surface area (Å²) in [5, 5.41) is 2.84. The van der Waals surface area contributed by atoms with E-state index in [-0.39, 0.29) is 18.2 Å². The number of carbonyl (C=O) groups excluding carboxylic acids is 2. The van der Waals surface area contributed by atoms with Gasteiger partial charge in [-0.25, -0.2) is 9.97 Å². The summed E-state index contributed by atoms with van der Waals surface area (Å²) in [6.07, 6.45) is 3.58. The molecule has 0 aliphatic carbocycles. The predicted molar refractivity (Wildman–Crippen MR) is 99.8 cm³/mol. The molecule has 1 aromatic heterocycles. The number of benzene rings is 1. The van der Waals surface area contributed by atoms with Gasteiger partial charge >= 0.3 is 0 Å². The summed E-state index contributed by atoms with van der Waals surface area (Å²) in [4.78, 5) is 37.7. The lowest BCUT2D eigenvalue weighted by molar-refractivity contribution is -0.135. The highest BCUT2D eigenvalue weighted by Crippen LogP contribution is 2.39. The maximum Gasteiger partial charge on any atom is 0.230 e. The number of methoxy groups -OCH3 is 1. The van der Waals surface area contributed by atoms with Gasteiger partial charge in [0.15, 0.2) is 0 Å². The molecule has 8 nitrogen and oxygen atoms in total. The second-order valence-corrected chi connectivity index (χ2v) is 6.59. The van der Waals surface area contributed by atoms with Crippen LogP contribution in [0.4, 0.5) is 11.6 Å². The number of anilines is 2. The fourth-order valence-corrected chi connectivity index (χ4v) is 3.65. The van der Waals surface area contributed by atoms with Gasteiger partial charge in [-0.05, 0) is 17.7 Å². The highest BCUT2D eigenvalue weighted by Gasteiger charge is 2.36. The summed E-state index contributed by atoms with van der Waals surface area (Å²) < 4.78 is 5.34. The second-order valence-electron chi connectivity index (χ2n) is 6.59. The van der Waals surface area contributed by atoms with Crippen molar-refractivity contribution < 1.29 is 14.3 Å². The van der Waals surface area contributed by atoms with E-state index in [1.807, 2.05) is 17.0 Å². The Morgan fingerprint density at radius 2 is 1.89 bits per heavy atom. The Balaban J connectivity index is 1.50.